The Labute approximate surface area is 122 Å². The minimum absolute atomic E-state index is 0.189. The molecule has 2 heterocycles. The summed E-state index contributed by atoms with van der Waals surface area (Å²) < 4.78 is 1.05. The maximum absolute atomic E-state index is 12.3. The molecule has 102 valence electrons. The van der Waals surface area contributed by atoms with Crippen molar-refractivity contribution in [3.8, 4) is 0 Å². The lowest BCUT2D eigenvalue weighted by Crippen LogP contribution is -2.36. The fraction of sp³-hybridized carbons (Fsp3) is 0.533. The largest absolute Gasteiger partial charge is 0.333 e. The summed E-state index contributed by atoms with van der Waals surface area (Å²) >= 11 is 3.47. The second kappa shape index (κ2) is 5.25. The highest BCUT2D eigenvalue weighted by atomic mass is 79.9. The average molecular weight is 323 g/mol. The summed E-state index contributed by atoms with van der Waals surface area (Å²) in [6.45, 7) is 6.07. The van der Waals surface area contributed by atoms with Crippen molar-refractivity contribution in [1.82, 2.24) is 9.80 Å². The average Bonchev–Trinajstić information content (AvgIpc) is 2.91. The van der Waals surface area contributed by atoms with Gasteiger partial charge in [-0.3, -0.25) is 9.69 Å². The first kappa shape index (κ1) is 13.1. The first-order chi connectivity index (χ1) is 9.15. The van der Waals surface area contributed by atoms with Gasteiger partial charge in [0, 0.05) is 35.7 Å². The highest BCUT2D eigenvalue weighted by Gasteiger charge is 2.28. The van der Waals surface area contributed by atoms with E-state index in [0.717, 1.165) is 35.2 Å². The van der Waals surface area contributed by atoms with E-state index < -0.39 is 0 Å². The molecule has 0 radical (unpaired) electrons. The normalized spacial score (nSPS) is 23.2. The van der Waals surface area contributed by atoms with E-state index in [1.165, 1.54) is 19.4 Å². The Balaban J connectivity index is 1.64. The summed E-state index contributed by atoms with van der Waals surface area (Å²) in [6, 6.07) is 6.61. The molecule has 2 aliphatic heterocycles. The van der Waals surface area contributed by atoms with Gasteiger partial charge in [-0.25, -0.2) is 0 Å². The summed E-state index contributed by atoms with van der Waals surface area (Å²) in [7, 11) is 0. The molecule has 1 atom stereocenters. The molecule has 1 fully saturated rings. The fourth-order valence-corrected chi connectivity index (χ4v) is 3.51. The zero-order valence-electron chi connectivity index (χ0n) is 11.2. The molecule has 0 spiro atoms. The minimum Gasteiger partial charge on any atom is -0.333 e. The quantitative estimate of drug-likeness (QED) is 0.854. The number of amides is 1. The molecule has 3 rings (SSSR count). The maximum atomic E-state index is 12.3. The Bertz CT molecular complexity index is 503. The molecule has 1 aromatic rings. The molecule has 0 unspecified atom stereocenters. The fourth-order valence-electron chi connectivity index (χ4n) is 3.10. The van der Waals surface area contributed by atoms with Crippen LogP contribution in [-0.2, 0) is 6.54 Å². The second-order valence-electron chi connectivity index (χ2n) is 5.56. The number of halogens is 1. The van der Waals surface area contributed by atoms with Crippen molar-refractivity contribution in [2.45, 2.75) is 32.4 Å². The Morgan fingerprint density at radius 3 is 2.95 bits per heavy atom. The molecule has 4 heteroatoms. The van der Waals surface area contributed by atoms with Crippen molar-refractivity contribution >= 4 is 21.8 Å². The van der Waals surface area contributed by atoms with Crippen LogP contribution in [0.2, 0.25) is 0 Å². The number of fused-ring (bicyclic) bond motifs is 1. The van der Waals surface area contributed by atoms with Crippen LogP contribution in [0.4, 0.5) is 0 Å². The first-order valence-electron chi connectivity index (χ1n) is 6.97. The standard InChI is InChI=1S/C15H19BrN2O/c1-11-3-2-6-17(11)7-8-18-10-12-9-13(16)4-5-14(12)15(18)19/h4-5,9,11H,2-3,6-8,10H2,1H3/t11-/m1/s1. The monoisotopic (exact) mass is 322 g/mol. The Kier molecular flexibility index (Phi) is 3.63. The molecule has 19 heavy (non-hydrogen) atoms. The highest BCUT2D eigenvalue weighted by molar-refractivity contribution is 9.10. The summed E-state index contributed by atoms with van der Waals surface area (Å²) in [5.41, 5.74) is 2.02. The van der Waals surface area contributed by atoms with Crippen LogP contribution in [0.1, 0.15) is 35.7 Å². The van der Waals surface area contributed by atoms with E-state index in [1.54, 1.807) is 0 Å². The van der Waals surface area contributed by atoms with E-state index in [9.17, 15) is 4.79 Å². The number of carbonyl (C=O) groups is 1. The molecule has 0 aliphatic carbocycles. The van der Waals surface area contributed by atoms with Crippen LogP contribution in [0, 0.1) is 0 Å². The third kappa shape index (κ3) is 2.56. The number of benzene rings is 1. The maximum Gasteiger partial charge on any atom is 0.254 e. The zero-order chi connectivity index (χ0) is 13.4. The molecule has 0 aromatic heterocycles. The molecular weight excluding hydrogens is 304 g/mol. The SMILES string of the molecule is C[C@@H]1CCCN1CCN1Cc2cc(Br)ccc2C1=O. The molecule has 1 amide bonds. The molecule has 1 aromatic carbocycles. The summed E-state index contributed by atoms with van der Waals surface area (Å²) in [5.74, 6) is 0.189. The summed E-state index contributed by atoms with van der Waals surface area (Å²) in [5, 5.41) is 0. The molecular formula is C15H19BrN2O. The van der Waals surface area contributed by atoms with E-state index in [1.807, 2.05) is 17.0 Å². The van der Waals surface area contributed by atoms with Gasteiger partial charge in [-0.2, -0.15) is 0 Å². The number of hydrogen-bond acceptors (Lipinski definition) is 2. The first-order valence-corrected chi connectivity index (χ1v) is 7.76. The van der Waals surface area contributed by atoms with Gasteiger partial charge in [0.2, 0.25) is 0 Å². The summed E-state index contributed by atoms with van der Waals surface area (Å²) in [4.78, 5) is 16.8. The van der Waals surface area contributed by atoms with Gasteiger partial charge in [-0.15, -0.1) is 0 Å². The molecule has 0 bridgehead atoms. The van der Waals surface area contributed by atoms with Crippen molar-refractivity contribution in [1.29, 1.82) is 0 Å². The molecule has 0 N–H and O–H groups in total. The van der Waals surface area contributed by atoms with Gasteiger partial charge in [-0.05, 0) is 50.1 Å². The predicted molar refractivity (Wildman–Crippen MR) is 79.2 cm³/mol. The Morgan fingerprint density at radius 1 is 1.37 bits per heavy atom. The molecule has 3 nitrogen and oxygen atoms in total. The Morgan fingerprint density at radius 2 is 2.21 bits per heavy atom. The van der Waals surface area contributed by atoms with Crippen LogP contribution in [0.25, 0.3) is 0 Å². The van der Waals surface area contributed by atoms with Crippen molar-refractivity contribution in [2.24, 2.45) is 0 Å². The lowest BCUT2D eigenvalue weighted by atomic mass is 10.1. The highest BCUT2D eigenvalue weighted by Crippen LogP contribution is 2.26. The van der Waals surface area contributed by atoms with Gasteiger partial charge in [0.25, 0.3) is 5.91 Å². The lowest BCUT2D eigenvalue weighted by molar-refractivity contribution is 0.0756. The van der Waals surface area contributed by atoms with Crippen LogP contribution in [-0.4, -0.2) is 41.4 Å². The van der Waals surface area contributed by atoms with Crippen molar-refractivity contribution in [2.75, 3.05) is 19.6 Å². The zero-order valence-corrected chi connectivity index (χ0v) is 12.8. The van der Waals surface area contributed by atoms with E-state index in [2.05, 4.69) is 33.8 Å². The Hall–Kier alpha value is -0.870. The van der Waals surface area contributed by atoms with Crippen LogP contribution in [0.3, 0.4) is 0 Å². The van der Waals surface area contributed by atoms with Gasteiger partial charge in [-0.1, -0.05) is 15.9 Å². The van der Waals surface area contributed by atoms with E-state index in [-0.39, 0.29) is 5.91 Å². The number of carbonyl (C=O) groups excluding carboxylic acids is 1. The lowest BCUT2D eigenvalue weighted by Gasteiger charge is -2.24. The van der Waals surface area contributed by atoms with Crippen molar-refractivity contribution < 1.29 is 4.79 Å². The molecule has 0 saturated carbocycles. The molecule has 2 aliphatic rings. The van der Waals surface area contributed by atoms with Gasteiger partial charge < -0.3 is 4.90 Å². The topological polar surface area (TPSA) is 23.6 Å². The minimum atomic E-state index is 0.189. The second-order valence-corrected chi connectivity index (χ2v) is 6.47. The van der Waals surface area contributed by atoms with Crippen LogP contribution < -0.4 is 0 Å². The van der Waals surface area contributed by atoms with E-state index in [0.29, 0.717) is 6.04 Å². The molecule has 1 saturated heterocycles. The van der Waals surface area contributed by atoms with E-state index in [4.69, 9.17) is 0 Å². The number of likely N-dealkylation sites (tertiary alicyclic amines) is 1. The number of nitrogens with zero attached hydrogens (tertiary/aromatic N) is 2. The van der Waals surface area contributed by atoms with Crippen molar-refractivity contribution in [3.05, 3.63) is 33.8 Å². The van der Waals surface area contributed by atoms with Crippen molar-refractivity contribution in [3.63, 3.8) is 0 Å². The third-order valence-electron chi connectivity index (χ3n) is 4.29. The number of rotatable bonds is 3. The van der Waals surface area contributed by atoms with E-state index >= 15 is 0 Å². The third-order valence-corrected chi connectivity index (χ3v) is 4.79. The van der Waals surface area contributed by atoms with Gasteiger partial charge in [0.15, 0.2) is 0 Å². The van der Waals surface area contributed by atoms with Crippen LogP contribution in [0.5, 0.6) is 0 Å². The smallest absolute Gasteiger partial charge is 0.254 e. The summed E-state index contributed by atoms with van der Waals surface area (Å²) in [6.07, 6.45) is 2.59. The number of hydrogen-bond donors (Lipinski definition) is 0. The van der Waals surface area contributed by atoms with Gasteiger partial charge in [0.05, 0.1) is 0 Å². The van der Waals surface area contributed by atoms with Crippen LogP contribution in [0.15, 0.2) is 22.7 Å². The van der Waals surface area contributed by atoms with Gasteiger partial charge in [0.1, 0.15) is 0 Å². The predicted octanol–water partition coefficient (Wildman–Crippen LogP) is 2.89. The van der Waals surface area contributed by atoms with Crippen LogP contribution >= 0.6 is 15.9 Å². The van der Waals surface area contributed by atoms with Gasteiger partial charge >= 0.3 is 0 Å².